The maximum absolute atomic E-state index is 12.9. The van der Waals surface area contributed by atoms with Crippen molar-refractivity contribution < 1.29 is 38.4 Å². The number of esters is 1. The molecule has 7 aliphatic rings. The van der Waals surface area contributed by atoms with Crippen molar-refractivity contribution in [3.63, 3.8) is 0 Å². The molecule has 0 aromatic carbocycles. The number of carbonyl (C=O) groups is 2. The van der Waals surface area contributed by atoms with Gasteiger partial charge in [-0.25, -0.2) is 4.79 Å². The highest BCUT2D eigenvalue weighted by molar-refractivity contribution is 5.68. The topological polar surface area (TPSA) is 104 Å². The summed E-state index contributed by atoms with van der Waals surface area (Å²) in [5, 5.41) is 11.0. The fourth-order valence-electron chi connectivity index (χ4n) is 14.0. The van der Waals surface area contributed by atoms with Gasteiger partial charge in [0, 0.05) is 13.5 Å². The Hall–Kier alpha value is -1.42. The lowest BCUT2D eigenvalue weighted by molar-refractivity contribution is -0.245. The molecule has 9 heteroatoms. The Bertz CT molecular complexity index is 1350. The van der Waals surface area contributed by atoms with E-state index < -0.39 is 23.6 Å². The molecule has 0 aromatic rings. The zero-order chi connectivity index (χ0) is 36.4. The zero-order valence-corrected chi connectivity index (χ0v) is 32.9. The Labute approximate surface area is 301 Å². The van der Waals surface area contributed by atoms with Gasteiger partial charge in [-0.1, -0.05) is 34.6 Å². The SMILES string of the molecule is CC(=O)O[C@@H](C1C[C@@H](C)[C@H]2C(C[C@@]3(C)C4CC[C@H]5C(C)(C)[C@@H](OC6CN(C(=O)OC(C)(C)C)CCO6)CC[C@@]56C[C@@]46CC[C@]23C)O1)C(C)(C)O. The van der Waals surface area contributed by atoms with E-state index in [2.05, 4.69) is 34.6 Å². The predicted molar refractivity (Wildman–Crippen MR) is 189 cm³/mol. The maximum Gasteiger partial charge on any atom is 0.410 e. The van der Waals surface area contributed by atoms with Gasteiger partial charge in [0.25, 0.3) is 0 Å². The lowest BCUT2D eigenvalue weighted by Crippen LogP contribution is -2.59. The summed E-state index contributed by atoms with van der Waals surface area (Å²) in [4.78, 5) is 26.7. The van der Waals surface area contributed by atoms with Crippen LogP contribution in [0.3, 0.4) is 0 Å². The minimum absolute atomic E-state index is 0.00324. The van der Waals surface area contributed by atoms with Crippen LogP contribution in [0.15, 0.2) is 0 Å². The van der Waals surface area contributed by atoms with Crippen molar-refractivity contribution in [3.8, 4) is 0 Å². The quantitative estimate of drug-likeness (QED) is 0.294. The third kappa shape index (κ3) is 5.51. The van der Waals surface area contributed by atoms with Gasteiger partial charge < -0.3 is 33.7 Å². The molecule has 0 radical (unpaired) electrons. The van der Waals surface area contributed by atoms with Crippen molar-refractivity contribution >= 4 is 12.1 Å². The number of ether oxygens (including phenoxy) is 5. The van der Waals surface area contributed by atoms with E-state index in [0.717, 1.165) is 19.3 Å². The van der Waals surface area contributed by atoms with Crippen LogP contribution in [0.25, 0.3) is 0 Å². The van der Waals surface area contributed by atoms with Crippen molar-refractivity contribution in [1.82, 2.24) is 4.90 Å². The first-order chi connectivity index (χ1) is 23.1. The van der Waals surface area contributed by atoms with Gasteiger partial charge in [-0.3, -0.25) is 4.79 Å². The molecule has 7 fully saturated rings. The fourth-order valence-corrected chi connectivity index (χ4v) is 14.0. The first-order valence-electron chi connectivity index (χ1n) is 19.9. The lowest BCUT2D eigenvalue weighted by atomic mass is 9.41. The summed E-state index contributed by atoms with van der Waals surface area (Å²) in [6.07, 6.45) is 8.91. The number of carbonyl (C=O) groups excluding carboxylic acids is 2. The van der Waals surface area contributed by atoms with E-state index in [4.69, 9.17) is 23.7 Å². The summed E-state index contributed by atoms with van der Waals surface area (Å²) in [7, 11) is 0. The van der Waals surface area contributed by atoms with Crippen LogP contribution in [0.2, 0.25) is 0 Å². The van der Waals surface area contributed by atoms with Crippen molar-refractivity contribution in [3.05, 3.63) is 0 Å². The second-order valence-corrected chi connectivity index (χ2v) is 20.6. The molecule has 2 saturated heterocycles. The summed E-state index contributed by atoms with van der Waals surface area (Å²) in [6, 6.07) is 0. The Morgan fingerprint density at radius 3 is 2.28 bits per heavy atom. The summed E-state index contributed by atoms with van der Waals surface area (Å²) in [5.74, 6) is 1.78. The molecule has 1 N–H and O–H groups in total. The van der Waals surface area contributed by atoms with E-state index in [9.17, 15) is 14.7 Å². The molecule has 5 saturated carbocycles. The number of nitrogens with zero attached hydrogens (tertiary/aromatic N) is 1. The fraction of sp³-hybridized carbons (Fsp3) is 0.951. The standard InChI is InChI=1S/C41H67NO8/c1-24-20-26(33(37(8,9)45)47-25(2)43)48-27-21-39(11)29-13-12-28-36(6,7)30(49-31-22-42(18-19-46-31)34(44)50-35(3,4)5)14-15-40(28)23-41(29,40)17-16-38(39,10)32(24)27/h24,26-33,45H,12-23H2,1-11H3/t24-,26?,27?,28+,29?,30+,31?,32+,33+,38-,39+,40-,41+/m1/s1. The molecule has 2 aliphatic heterocycles. The molecule has 0 bridgehead atoms. The van der Waals surface area contributed by atoms with Gasteiger partial charge >= 0.3 is 12.1 Å². The van der Waals surface area contributed by atoms with E-state index in [1.807, 2.05) is 20.8 Å². The lowest BCUT2D eigenvalue weighted by Gasteiger charge is -2.63. The van der Waals surface area contributed by atoms with Gasteiger partial charge in [0.05, 0.1) is 37.1 Å². The number of hydrogen-bond acceptors (Lipinski definition) is 8. The summed E-state index contributed by atoms with van der Waals surface area (Å²) >= 11 is 0. The first kappa shape index (κ1) is 36.9. The van der Waals surface area contributed by atoms with Crippen LogP contribution >= 0.6 is 0 Å². The number of fused-ring (bicyclic) bond motifs is 4. The molecule has 50 heavy (non-hydrogen) atoms. The van der Waals surface area contributed by atoms with Gasteiger partial charge in [0.2, 0.25) is 0 Å². The highest BCUT2D eigenvalue weighted by atomic mass is 16.7. The van der Waals surface area contributed by atoms with Gasteiger partial charge in [-0.05, 0) is 143 Å². The van der Waals surface area contributed by atoms with Crippen molar-refractivity contribution in [2.75, 3.05) is 19.7 Å². The van der Waals surface area contributed by atoms with E-state index in [0.29, 0.717) is 54.2 Å². The van der Waals surface area contributed by atoms with Gasteiger partial charge in [-0.15, -0.1) is 0 Å². The smallest absolute Gasteiger partial charge is 0.410 e. The van der Waals surface area contributed by atoms with Crippen molar-refractivity contribution in [2.45, 2.75) is 176 Å². The molecule has 0 aromatic heterocycles. The van der Waals surface area contributed by atoms with Crippen LogP contribution in [-0.4, -0.2) is 83.7 Å². The average molecular weight is 702 g/mol. The first-order valence-corrected chi connectivity index (χ1v) is 19.9. The maximum atomic E-state index is 12.9. The molecule has 2 heterocycles. The Balaban J connectivity index is 1.07. The summed E-state index contributed by atoms with van der Waals surface area (Å²) in [6.45, 7) is 24.4. The van der Waals surface area contributed by atoms with Crippen LogP contribution in [0.1, 0.15) is 134 Å². The van der Waals surface area contributed by atoms with Crippen LogP contribution in [-0.2, 0) is 28.5 Å². The average Bonchev–Trinajstić information content (AvgIpc) is 3.59. The second-order valence-electron chi connectivity index (χ2n) is 20.6. The third-order valence-electron chi connectivity index (χ3n) is 16.0. The van der Waals surface area contributed by atoms with E-state index in [-0.39, 0.29) is 46.6 Å². The van der Waals surface area contributed by atoms with Gasteiger partial charge in [0.1, 0.15) is 5.60 Å². The minimum atomic E-state index is -1.18. The van der Waals surface area contributed by atoms with E-state index in [1.165, 1.54) is 45.4 Å². The van der Waals surface area contributed by atoms with Gasteiger partial charge in [0.15, 0.2) is 12.4 Å². The van der Waals surface area contributed by atoms with Crippen LogP contribution in [0.5, 0.6) is 0 Å². The van der Waals surface area contributed by atoms with Crippen molar-refractivity contribution in [1.29, 1.82) is 0 Å². The highest BCUT2D eigenvalue weighted by Gasteiger charge is 2.83. The Kier molecular flexibility index (Phi) is 8.70. The Morgan fingerprint density at radius 2 is 1.62 bits per heavy atom. The van der Waals surface area contributed by atoms with Crippen LogP contribution in [0, 0.1) is 50.7 Å². The van der Waals surface area contributed by atoms with E-state index >= 15 is 0 Å². The number of aliphatic hydroxyl groups is 1. The zero-order valence-electron chi connectivity index (χ0n) is 32.9. The summed E-state index contributed by atoms with van der Waals surface area (Å²) < 4.78 is 31.3. The van der Waals surface area contributed by atoms with E-state index in [1.54, 1.807) is 18.7 Å². The van der Waals surface area contributed by atoms with Crippen LogP contribution in [0.4, 0.5) is 4.79 Å². The molecule has 284 valence electrons. The third-order valence-corrected chi connectivity index (χ3v) is 16.0. The van der Waals surface area contributed by atoms with Gasteiger partial charge in [-0.2, -0.15) is 0 Å². The number of amides is 1. The molecule has 5 aliphatic carbocycles. The molecule has 1 amide bonds. The minimum Gasteiger partial charge on any atom is -0.457 e. The highest BCUT2D eigenvalue weighted by Crippen LogP contribution is 2.89. The van der Waals surface area contributed by atoms with Crippen LogP contribution < -0.4 is 0 Å². The molecule has 13 atom stereocenters. The second kappa shape index (κ2) is 11.8. The molecular formula is C41H67NO8. The molecule has 2 spiro atoms. The molecule has 7 rings (SSSR count). The number of rotatable bonds is 5. The largest absolute Gasteiger partial charge is 0.457 e. The Morgan fingerprint density at radius 1 is 0.940 bits per heavy atom. The number of morpholine rings is 1. The normalized spacial score (nSPS) is 47.1. The number of hydrogen-bond donors (Lipinski definition) is 1. The molecule has 4 unspecified atom stereocenters. The van der Waals surface area contributed by atoms with Crippen molar-refractivity contribution in [2.24, 2.45) is 50.7 Å². The molecule has 9 nitrogen and oxygen atoms in total. The summed E-state index contributed by atoms with van der Waals surface area (Å²) in [5.41, 5.74) is -0.608. The monoisotopic (exact) mass is 701 g/mol. The predicted octanol–water partition coefficient (Wildman–Crippen LogP) is 7.51. The molecular weight excluding hydrogens is 634 g/mol.